The predicted octanol–water partition coefficient (Wildman–Crippen LogP) is 3.24. The third kappa shape index (κ3) is 3.28. The lowest BCUT2D eigenvalue weighted by Crippen LogP contribution is -2.09. The molecule has 0 amide bonds. The number of aryl methyl sites for hydroxylation is 1. The maximum absolute atomic E-state index is 9.63. The molecule has 0 radical (unpaired) electrons. The SMILES string of the molecule is C=CCC(O)Cc1cc(C)ccc1Br. The first kappa shape index (κ1) is 11.5. The molecule has 0 heterocycles. The first-order valence-electron chi connectivity index (χ1n) is 4.67. The Labute approximate surface area is 93.6 Å². The Bertz CT molecular complexity index is 320. The van der Waals surface area contributed by atoms with Gasteiger partial charge in [-0.1, -0.05) is 39.7 Å². The molecule has 1 unspecified atom stereocenters. The van der Waals surface area contributed by atoms with Crippen LogP contribution in [0.25, 0.3) is 0 Å². The van der Waals surface area contributed by atoms with Crippen LogP contribution < -0.4 is 0 Å². The molecule has 1 nitrogen and oxygen atoms in total. The van der Waals surface area contributed by atoms with Gasteiger partial charge in [0.1, 0.15) is 0 Å². The van der Waals surface area contributed by atoms with Crippen molar-refractivity contribution in [3.8, 4) is 0 Å². The fraction of sp³-hybridized carbons (Fsp3) is 0.333. The first-order chi connectivity index (χ1) is 6.63. The van der Waals surface area contributed by atoms with Gasteiger partial charge in [-0.3, -0.25) is 0 Å². The van der Waals surface area contributed by atoms with Crippen LogP contribution in [0.3, 0.4) is 0 Å². The summed E-state index contributed by atoms with van der Waals surface area (Å²) in [6.07, 6.45) is 2.73. The molecule has 1 aromatic carbocycles. The van der Waals surface area contributed by atoms with Gasteiger partial charge in [0.15, 0.2) is 0 Å². The summed E-state index contributed by atoms with van der Waals surface area (Å²) in [5, 5.41) is 9.63. The molecule has 0 aliphatic heterocycles. The third-order valence-corrected chi connectivity index (χ3v) is 2.87. The van der Waals surface area contributed by atoms with E-state index < -0.39 is 0 Å². The van der Waals surface area contributed by atoms with Gasteiger partial charge >= 0.3 is 0 Å². The van der Waals surface area contributed by atoms with E-state index >= 15 is 0 Å². The molecule has 76 valence electrons. The Morgan fingerprint density at radius 1 is 1.57 bits per heavy atom. The second-order valence-corrected chi connectivity index (χ2v) is 4.33. The van der Waals surface area contributed by atoms with Crippen molar-refractivity contribution in [1.82, 2.24) is 0 Å². The number of hydrogen-bond acceptors (Lipinski definition) is 1. The van der Waals surface area contributed by atoms with Gasteiger partial charge in [0.25, 0.3) is 0 Å². The Morgan fingerprint density at radius 2 is 2.29 bits per heavy atom. The molecular formula is C12H15BrO. The highest BCUT2D eigenvalue weighted by molar-refractivity contribution is 9.10. The summed E-state index contributed by atoms with van der Waals surface area (Å²) in [4.78, 5) is 0. The molecule has 0 aromatic heterocycles. The number of rotatable bonds is 4. The molecule has 14 heavy (non-hydrogen) atoms. The highest BCUT2D eigenvalue weighted by Crippen LogP contribution is 2.20. The van der Waals surface area contributed by atoms with Crippen molar-refractivity contribution in [2.75, 3.05) is 0 Å². The largest absolute Gasteiger partial charge is 0.392 e. The normalized spacial score (nSPS) is 12.5. The number of aliphatic hydroxyl groups excluding tert-OH is 1. The third-order valence-electron chi connectivity index (χ3n) is 2.10. The molecule has 1 N–H and O–H groups in total. The van der Waals surface area contributed by atoms with Gasteiger partial charge in [0, 0.05) is 4.47 Å². The standard InChI is InChI=1S/C12H15BrO/c1-3-4-11(14)8-10-7-9(2)5-6-12(10)13/h3,5-7,11,14H,1,4,8H2,2H3. The van der Waals surface area contributed by atoms with Crippen LogP contribution in [0.15, 0.2) is 35.3 Å². The van der Waals surface area contributed by atoms with E-state index in [0.29, 0.717) is 12.8 Å². The van der Waals surface area contributed by atoms with E-state index in [1.165, 1.54) is 5.56 Å². The summed E-state index contributed by atoms with van der Waals surface area (Å²) >= 11 is 3.47. The quantitative estimate of drug-likeness (QED) is 0.819. The Kier molecular flexibility index (Phi) is 4.36. The maximum Gasteiger partial charge on any atom is 0.0615 e. The molecule has 0 bridgehead atoms. The van der Waals surface area contributed by atoms with Crippen LogP contribution >= 0.6 is 15.9 Å². The summed E-state index contributed by atoms with van der Waals surface area (Å²) < 4.78 is 1.06. The van der Waals surface area contributed by atoms with Crippen LogP contribution in [-0.4, -0.2) is 11.2 Å². The van der Waals surface area contributed by atoms with Crippen molar-refractivity contribution in [2.24, 2.45) is 0 Å². The minimum atomic E-state index is -0.328. The molecule has 0 saturated carbocycles. The van der Waals surface area contributed by atoms with Crippen LogP contribution in [0, 0.1) is 6.92 Å². The van der Waals surface area contributed by atoms with E-state index in [4.69, 9.17) is 0 Å². The summed E-state index contributed by atoms with van der Waals surface area (Å²) in [5.74, 6) is 0. The van der Waals surface area contributed by atoms with E-state index in [2.05, 4.69) is 35.5 Å². The minimum Gasteiger partial charge on any atom is -0.392 e. The Hall–Kier alpha value is -0.600. The van der Waals surface area contributed by atoms with Gasteiger partial charge in [-0.05, 0) is 31.4 Å². The smallest absolute Gasteiger partial charge is 0.0615 e. The topological polar surface area (TPSA) is 20.2 Å². The fourth-order valence-corrected chi connectivity index (χ4v) is 1.80. The van der Waals surface area contributed by atoms with E-state index in [0.717, 1.165) is 10.0 Å². The number of hydrogen-bond donors (Lipinski definition) is 1. The highest BCUT2D eigenvalue weighted by atomic mass is 79.9. The zero-order chi connectivity index (χ0) is 10.6. The molecule has 0 saturated heterocycles. The molecule has 0 aliphatic carbocycles. The van der Waals surface area contributed by atoms with Gasteiger partial charge in [0.05, 0.1) is 6.10 Å². The van der Waals surface area contributed by atoms with Gasteiger partial charge in [0.2, 0.25) is 0 Å². The summed E-state index contributed by atoms with van der Waals surface area (Å²) in [5.41, 5.74) is 2.37. The van der Waals surface area contributed by atoms with Crippen LogP contribution in [0.1, 0.15) is 17.5 Å². The lowest BCUT2D eigenvalue weighted by atomic mass is 10.0. The van der Waals surface area contributed by atoms with Crippen LogP contribution in [0.4, 0.5) is 0 Å². The van der Waals surface area contributed by atoms with Crippen LogP contribution in [0.5, 0.6) is 0 Å². The van der Waals surface area contributed by atoms with Crippen LogP contribution in [-0.2, 0) is 6.42 Å². The molecule has 0 aliphatic rings. The lowest BCUT2D eigenvalue weighted by Gasteiger charge is -2.10. The van der Waals surface area contributed by atoms with Crippen molar-refractivity contribution >= 4 is 15.9 Å². The van der Waals surface area contributed by atoms with Crippen molar-refractivity contribution < 1.29 is 5.11 Å². The summed E-state index contributed by atoms with van der Waals surface area (Å²) in [6, 6.07) is 6.16. The molecule has 1 atom stereocenters. The van der Waals surface area contributed by atoms with Crippen LogP contribution in [0.2, 0.25) is 0 Å². The lowest BCUT2D eigenvalue weighted by molar-refractivity contribution is 0.178. The Balaban J connectivity index is 2.74. The number of aliphatic hydroxyl groups is 1. The zero-order valence-electron chi connectivity index (χ0n) is 8.33. The van der Waals surface area contributed by atoms with E-state index in [1.54, 1.807) is 6.08 Å². The second-order valence-electron chi connectivity index (χ2n) is 3.48. The van der Waals surface area contributed by atoms with Gasteiger partial charge in [-0.2, -0.15) is 0 Å². The summed E-state index contributed by atoms with van der Waals surface area (Å²) in [6.45, 7) is 5.66. The highest BCUT2D eigenvalue weighted by Gasteiger charge is 2.06. The molecule has 2 heteroatoms. The van der Waals surface area contributed by atoms with Crippen molar-refractivity contribution in [1.29, 1.82) is 0 Å². The second kappa shape index (κ2) is 5.32. The fourth-order valence-electron chi connectivity index (χ4n) is 1.39. The first-order valence-corrected chi connectivity index (χ1v) is 5.46. The average Bonchev–Trinajstić information content (AvgIpc) is 2.12. The molecule has 0 fully saturated rings. The van der Waals surface area contributed by atoms with Gasteiger partial charge in [-0.15, -0.1) is 6.58 Å². The number of halogens is 1. The average molecular weight is 255 g/mol. The maximum atomic E-state index is 9.63. The molecule has 1 rings (SSSR count). The monoisotopic (exact) mass is 254 g/mol. The molecular weight excluding hydrogens is 240 g/mol. The van der Waals surface area contributed by atoms with E-state index in [-0.39, 0.29) is 6.10 Å². The predicted molar refractivity (Wildman–Crippen MR) is 63.4 cm³/mol. The zero-order valence-corrected chi connectivity index (χ0v) is 9.92. The van der Waals surface area contributed by atoms with Crippen molar-refractivity contribution in [3.63, 3.8) is 0 Å². The Morgan fingerprint density at radius 3 is 2.93 bits per heavy atom. The minimum absolute atomic E-state index is 0.328. The van der Waals surface area contributed by atoms with Gasteiger partial charge in [-0.25, -0.2) is 0 Å². The van der Waals surface area contributed by atoms with Gasteiger partial charge < -0.3 is 5.11 Å². The molecule has 0 spiro atoms. The molecule has 1 aromatic rings. The van der Waals surface area contributed by atoms with E-state index in [1.807, 2.05) is 12.1 Å². The van der Waals surface area contributed by atoms with Crippen molar-refractivity contribution in [2.45, 2.75) is 25.9 Å². The van der Waals surface area contributed by atoms with Crippen molar-refractivity contribution in [3.05, 3.63) is 46.5 Å². The summed E-state index contributed by atoms with van der Waals surface area (Å²) in [7, 11) is 0. The number of benzene rings is 1. The van der Waals surface area contributed by atoms with E-state index in [9.17, 15) is 5.11 Å².